The molecule has 9 nitrogen and oxygen atoms in total. The monoisotopic (exact) mass is 502 g/mol. The molecular formula is C22H19BrN2O7. The number of amides is 4. The number of esters is 1. The summed E-state index contributed by atoms with van der Waals surface area (Å²) in [6.07, 6.45) is 1.35. The quantitative estimate of drug-likeness (QED) is 0.366. The lowest BCUT2D eigenvalue weighted by Crippen LogP contribution is -2.54. The molecule has 32 heavy (non-hydrogen) atoms. The molecule has 1 aliphatic rings. The summed E-state index contributed by atoms with van der Waals surface area (Å²) in [4.78, 5) is 50.3. The molecule has 3 rings (SSSR count). The van der Waals surface area contributed by atoms with Crippen LogP contribution in [0.5, 0.6) is 11.5 Å². The number of hydrogen-bond donors (Lipinski definition) is 1. The van der Waals surface area contributed by atoms with Crippen molar-refractivity contribution in [3.8, 4) is 11.5 Å². The molecule has 0 saturated carbocycles. The fraction of sp³-hybridized carbons (Fsp3) is 0.182. The highest BCUT2D eigenvalue weighted by Gasteiger charge is 2.37. The van der Waals surface area contributed by atoms with Gasteiger partial charge >= 0.3 is 12.0 Å². The van der Waals surface area contributed by atoms with Gasteiger partial charge in [-0.25, -0.2) is 14.5 Å². The standard InChI is InChI=1S/C22H19BrN2O7/c1-4-32-18-16(23)10-12(11-17(18)30-2)9-15-19(26)24-22(29)25(20(15)27)14-7-5-13(6-8-14)21(28)31-3/h5-11H,4H2,1-3H3,(H,24,26,29)/b15-9+. The van der Waals surface area contributed by atoms with Gasteiger partial charge in [0.25, 0.3) is 11.8 Å². The lowest BCUT2D eigenvalue weighted by molar-refractivity contribution is -0.122. The molecule has 2 aromatic carbocycles. The minimum absolute atomic E-state index is 0.184. The smallest absolute Gasteiger partial charge is 0.337 e. The van der Waals surface area contributed by atoms with E-state index < -0.39 is 23.8 Å². The first-order valence-corrected chi connectivity index (χ1v) is 10.2. The maximum Gasteiger partial charge on any atom is 0.337 e. The number of benzene rings is 2. The van der Waals surface area contributed by atoms with Gasteiger partial charge in [0.05, 0.1) is 36.6 Å². The van der Waals surface area contributed by atoms with E-state index in [1.54, 1.807) is 12.1 Å². The molecule has 2 aromatic rings. The van der Waals surface area contributed by atoms with Crippen molar-refractivity contribution in [2.24, 2.45) is 0 Å². The largest absolute Gasteiger partial charge is 0.493 e. The van der Waals surface area contributed by atoms with Crippen molar-refractivity contribution in [2.75, 3.05) is 25.7 Å². The first-order chi connectivity index (χ1) is 15.3. The van der Waals surface area contributed by atoms with Crippen molar-refractivity contribution in [3.63, 3.8) is 0 Å². The van der Waals surface area contributed by atoms with Crippen molar-refractivity contribution < 1.29 is 33.4 Å². The number of hydrogen-bond acceptors (Lipinski definition) is 7. The molecule has 1 saturated heterocycles. The van der Waals surface area contributed by atoms with Gasteiger partial charge in [0.2, 0.25) is 0 Å². The van der Waals surface area contributed by atoms with Gasteiger partial charge in [-0.1, -0.05) is 0 Å². The average molecular weight is 503 g/mol. The Morgan fingerprint density at radius 3 is 2.41 bits per heavy atom. The summed E-state index contributed by atoms with van der Waals surface area (Å²) in [6, 6.07) is 8.02. The number of carbonyl (C=O) groups is 4. The molecule has 0 aliphatic carbocycles. The van der Waals surface area contributed by atoms with Crippen molar-refractivity contribution in [1.29, 1.82) is 0 Å². The number of anilines is 1. The van der Waals surface area contributed by atoms with Crippen LogP contribution < -0.4 is 19.7 Å². The number of halogens is 1. The molecule has 166 valence electrons. The number of rotatable bonds is 6. The zero-order valence-corrected chi connectivity index (χ0v) is 19.0. The van der Waals surface area contributed by atoms with E-state index in [9.17, 15) is 19.2 Å². The van der Waals surface area contributed by atoms with Gasteiger partial charge in [-0.3, -0.25) is 14.9 Å². The molecular weight excluding hydrogens is 484 g/mol. The van der Waals surface area contributed by atoms with Gasteiger partial charge in [-0.2, -0.15) is 0 Å². The topological polar surface area (TPSA) is 111 Å². The Labute approximate surface area is 192 Å². The number of urea groups is 1. The summed E-state index contributed by atoms with van der Waals surface area (Å²) in [5, 5.41) is 2.15. The van der Waals surface area contributed by atoms with Crippen LogP contribution in [0, 0.1) is 0 Å². The number of carbonyl (C=O) groups excluding carboxylic acids is 4. The van der Waals surface area contributed by atoms with Crippen LogP contribution >= 0.6 is 15.9 Å². The first-order valence-electron chi connectivity index (χ1n) is 9.40. The van der Waals surface area contributed by atoms with Crippen molar-refractivity contribution in [2.45, 2.75) is 6.92 Å². The molecule has 0 bridgehead atoms. The van der Waals surface area contributed by atoms with Crippen LogP contribution in [-0.4, -0.2) is 44.6 Å². The number of methoxy groups -OCH3 is 2. The van der Waals surface area contributed by atoms with Crippen LogP contribution in [-0.2, 0) is 14.3 Å². The van der Waals surface area contributed by atoms with Crippen LogP contribution in [0.25, 0.3) is 6.08 Å². The fourth-order valence-corrected chi connectivity index (χ4v) is 3.60. The molecule has 1 aliphatic heterocycles. The summed E-state index contributed by atoms with van der Waals surface area (Å²) < 4.78 is 16.1. The van der Waals surface area contributed by atoms with E-state index in [0.717, 1.165) is 4.90 Å². The Hall–Kier alpha value is -3.66. The predicted octanol–water partition coefficient (Wildman–Crippen LogP) is 3.31. The highest BCUT2D eigenvalue weighted by molar-refractivity contribution is 9.10. The second-order valence-corrected chi connectivity index (χ2v) is 7.32. The Balaban J connectivity index is 1.99. The zero-order valence-electron chi connectivity index (χ0n) is 17.4. The molecule has 0 spiro atoms. The van der Waals surface area contributed by atoms with E-state index in [0.29, 0.717) is 28.1 Å². The minimum Gasteiger partial charge on any atom is -0.493 e. The number of nitrogens with one attached hydrogen (secondary N) is 1. The van der Waals surface area contributed by atoms with Gasteiger partial charge in [0.15, 0.2) is 11.5 Å². The van der Waals surface area contributed by atoms with Crippen molar-refractivity contribution in [3.05, 3.63) is 57.6 Å². The Bertz CT molecular complexity index is 1130. The van der Waals surface area contributed by atoms with Crippen LogP contribution in [0.1, 0.15) is 22.8 Å². The van der Waals surface area contributed by atoms with E-state index in [4.69, 9.17) is 9.47 Å². The summed E-state index contributed by atoms with van der Waals surface area (Å²) in [6.45, 7) is 2.25. The van der Waals surface area contributed by atoms with Gasteiger partial charge in [0, 0.05) is 0 Å². The molecule has 0 aromatic heterocycles. The van der Waals surface area contributed by atoms with Gasteiger partial charge in [-0.15, -0.1) is 0 Å². The second kappa shape index (κ2) is 9.65. The Morgan fingerprint density at radius 1 is 1.12 bits per heavy atom. The fourth-order valence-electron chi connectivity index (χ4n) is 3.03. The van der Waals surface area contributed by atoms with E-state index in [1.165, 1.54) is 44.6 Å². The maximum atomic E-state index is 13.1. The van der Waals surface area contributed by atoms with Crippen LogP contribution in [0.4, 0.5) is 10.5 Å². The predicted molar refractivity (Wildman–Crippen MR) is 119 cm³/mol. The molecule has 0 radical (unpaired) electrons. The van der Waals surface area contributed by atoms with E-state index in [-0.39, 0.29) is 16.8 Å². The van der Waals surface area contributed by atoms with Crippen LogP contribution in [0.3, 0.4) is 0 Å². The third kappa shape index (κ3) is 4.50. The van der Waals surface area contributed by atoms with Crippen LogP contribution in [0.2, 0.25) is 0 Å². The summed E-state index contributed by atoms with van der Waals surface area (Å²) in [7, 11) is 2.72. The number of imide groups is 2. The average Bonchev–Trinajstić information content (AvgIpc) is 2.78. The number of barbiturate groups is 1. The molecule has 0 unspecified atom stereocenters. The molecule has 1 N–H and O–H groups in total. The zero-order chi connectivity index (χ0) is 23.4. The van der Waals surface area contributed by atoms with Crippen molar-refractivity contribution >= 4 is 51.5 Å². The second-order valence-electron chi connectivity index (χ2n) is 6.46. The molecule has 0 atom stereocenters. The SMILES string of the molecule is CCOc1c(Br)cc(/C=C2\C(=O)NC(=O)N(c3ccc(C(=O)OC)cc3)C2=O)cc1OC. The summed E-state index contributed by atoms with van der Waals surface area (Å²) in [5.74, 6) is -1.31. The Morgan fingerprint density at radius 2 is 1.81 bits per heavy atom. The van der Waals surface area contributed by atoms with E-state index >= 15 is 0 Å². The molecule has 10 heteroatoms. The van der Waals surface area contributed by atoms with E-state index in [2.05, 4.69) is 26.0 Å². The lowest BCUT2D eigenvalue weighted by Gasteiger charge is -2.26. The molecule has 4 amide bonds. The first kappa shape index (κ1) is 23.0. The number of nitrogens with zero attached hydrogens (tertiary/aromatic N) is 1. The maximum absolute atomic E-state index is 13.1. The summed E-state index contributed by atoms with van der Waals surface area (Å²) in [5.41, 5.74) is 0.661. The highest BCUT2D eigenvalue weighted by Crippen LogP contribution is 2.37. The summed E-state index contributed by atoms with van der Waals surface area (Å²) >= 11 is 3.40. The van der Waals surface area contributed by atoms with E-state index in [1.807, 2.05) is 6.92 Å². The lowest BCUT2D eigenvalue weighted by atomic mass is 10.1. The number of ether oxygens (including phenoxy) is 3. The van der Waals surface area contributed by atoms with Gasteiger partial charge < -0.3 is 14.2 Å². The van der Waals surface area contributed by atoms with Crippen molar-refractivity contribution in [1.82, 2.24) is 5.32 Å². The normalized spacial score (nSPS) is 14.9. The molecule has 1 fully saturated rings. The Kier molecular flexibility index (Phi) is 6.94. The van der Waals surface area contributed by atoms with Crippen LogP contribution in [0.15, 0.2) is 46.4 Å². The molecule has 1 heterocycles. The highest BCUT2D eigenvalue weighted by atomic mass is 79.9. The third-order valence-corrected chi connectivity index (χ3v) is 5.09. The van der Waals surface area contributed by atoms with Gasteiger partial charge in [0.1, 0.15) is 5.57 Å². The minimum atomic E-state index is -0.895. The van der Waals surface area contributed by atoms with Gasteiger partial charge in [-0.05, 0) is 70.9 Å². The third-order valence-electron chi connectivity index (χ3n) is 4.50.